The Hall–Kier alpha value is -2.94. The van der Waals surface area contributed by atoms with E-state index in [1.54, 1.807) is 47.4 Å². The van der Waals surface area contributed by atoms with Crippen molar-refractivity contribution in [1.82, 2.24) is 10.6 Å². The van der Waals surface area contributed by atoms with Crippen LogP contribution in [0.4, 0.5) is 0 Å². The third kappa shape index (κ3) is 5.79. The van der Waals surface area contributed by atoms with Crippen LogP contribution in [0.1, 0.15) is 16.7 Å². The monoisotopic (exact) mass is 435 g/mol. The number of nitrogens with one attached hydrogen (secondary N) is 2. The molecule has 0 amide bonds. The molecule has 2 aromatic rings. The summed E-state index contributed by atoms with van der Waals surface area (Å²) in [5, 5.41) is 6.46. The van der Waals surface area contributed by atoms with E-state index >= 15 is 0 Å². The Bertz CT molecular complexity index is 994. The fourth-order valence-corrected chi connectivity index (χ4v) is 4.03. The number of aryl methyl sites for hydroxylation is 1. The third-order valence-electron chi connectivity index (χ3n) is 4.51. The van der Waals surface area contributed by atoms with Gasteiger partial charge in [-0.15, -0.1) is 0 Å². The highest BCUT2D eigenvalue weighted by Crippen LogP contribution is 2.38. The van der Waals surface area contributed by atoms with Gasteiger partial charge in [-0.1, -0.05) is 12.1 Å². The number of ether oxygens (including phenoxy) is 3. The highest BCUT2D eigenvalue weighted by Gasteiger charge is 2.14. The second-order valence-electron chi connectivity index (χ2n) is 6.68. The standard InChI is InChI=1S/C21H29N3O5S/c1-14-9-15(7-8-19(14)30(6,25)26)12-23-21(22-2)24-13-16-10-17(27-3)20(29-5)18(11-16)28-4/h7-11H,12-13H2,1-6H3,(H2,22,23,24). The van der Waals surface area contributed by atoms with Crippen LogP contribution in [0.3, 0.4) is 0 Å². The minimum atomic E-state index is -3.23. The zero-order valence-corrected chi connectivity index (χ0v) is 19.0. The van der Waals surface area contributed by atoms with E-state index < -0.39 is 9.84 Å². The summed E-state index contributed by atoms with van der Waals surface area (Å²) >= 11 is 0. The number of aliphatic imine (C=N–C) groups is 1. The molecule has 30 heavy (non-hydrogen) atoms. The van der Waals surface area contributed by atoms with Gasteiger partial charge in [-0.05, 0) is 41.8 Å². The van der Waals surface area contributed by atoms with Gasteiger partial charge in [0.05, 0.1) is 26.2 Å². The van der Waals surface area contributed by atoms with E-state index in [-0.39, 0.29) is 0 Å². The molecule has 2 N–H and O–H groups in total. The van der Waals surface area contributed by atoms with Gasteiger partial charge in [-0.3, -0.25) is 4.99 Å². The molecule has 0 fully saturated rings. The normalized spacial score (nSPS) is 11.7. The van der Waals surface area contributed by atoms with Crippen molar-refractivity contribution in [3.8, 4) is 17.2 Å². The van der Waals surface area contributed by atoms with Crippen LogP contribution in [0, 0.1) is 6.92 Å². The lowest BCUT2D eigenvalue weighted by atomic mass is 10.1. The van der Waals surface area contributed by atoms with Gasteiger partial charge in [-0.2, -0.15) is 0 Å². The molecular weight excluding hydrogens is 406 g/mol. The molecule has 0 aliphatic carbocycles. The lowest BCUT2D eigenvalue weighted by Gasteiger charge is -2.16. The van der Waals surface area contributed by atoms with Gasteiger partial charge in [0.2, 0.25) is 5.75 Å². The summed E-state index contributed by atoms with van der Waals surface area (Å²) in [4.78, 5) is 4.57. The van der Waals surface area contributed by atoms with Crippen molar-refractivity contribution in [2.45, 2.75) is 24.9 Å². The van der Waals surface area contributed by atoms with Gasteiger partial charge in [0, 0.05) is 26.4 Å². The summed E-state index contributed by atoms with van der Waals surface area (Å²) in [5.74, 6) is 2.31. The zero-order valence-electron chi connectivity index (χ0n) is 18.2. The van der Waals surface area contributed by atoms with Gasteiger partial charge in [-0.25, -0.2) is 8.42 Å². The smallest absolute Gasteiger partial charge is 0.203 e. The molecule has 0 aliphatic heterocycles. The Kier molecular flexibility index (Phi) is 7.93. The molecule has 2 rings (SSSR count). The number of nitrogens with zero attached hydrogens (tertiary/aromatic N) is 1. The molecule has 0 atom stereocenters. The Morgan fingerprint density at radius 2 is 1.50 bits per heavy atom. The number of benzene rings is 2. The molecule has 0 saturated carbocycles. The Balaban J connectivity index is 2.05. The number of hydrogen-bond donors (Lipinski definition) is 2. The third-order valence-corrected chi connectivity index (χ3v) is 5.76. The van der Waals surface area contributed by atoms with E-state index in [0.717, 1.165) is 16.7 Å². The maximum absolute atomic E-state index is 11.8. The first kappa shape index (κ1) is 23.3. The van der Waals surface area contributed by atoms with Crippen molar-refractivity contribution in [2.24, 2.45) is 4.99 Å². The summed E-state index contributed by atoms with van der Waals surface area (Å²) in [5.41, 5.74) is 2.61. The van der Waals surface area contributed by atoms with Gasteiger partial charge in [0.1, 0.15) is 0 Å². The minimum Gasteiger partial charge on any atom is -0.493 e. The molecule has 0 aliphatic rings. The second kappa shape index (κ2) is 10.2. The van der Waals surface area contributed by atoms with E-state index in [4.69, 9.17) is 14.2 Å². The van der Waals surface area contributed by atoms with E-state index in [9.17, 15) is 8.42 Å². The second-order valence-corrected chi connectivity index (χ2v) is 8.67. The van der Waals surface area contributed by atoms with Crippen LogP contribution in [0.15, 0.2) is 40.2 Å². The van der Waals surface area contributed by atoms with Crippen molar-refractivity contribution in [3.63, 3.8) is 0 Å². The van der Waals surface area contributed by atoms with Crippen LogP contribution in [0.5, 0.6) is 17.2 Å². The highest BCUT2D eigenvalue weighted by molar-refractivity contribution is 7.90. The first-order valence-corrected chi connectivity index (χ1v) is 11.2. The molecule has 0 saturated heterocycles. The molecule has 8 nitrogen and oxygen atoms in total. The summed E-state index contributed by atoms with van der Waals surface area (Å²) in [6.45, 7) is 2.78. The molecular formula is C21H29N3O5S. The summed E-state index contributed by atoms with van der Waals surface area (Å²) in [7, 11) is 3.17. The molecule has 0 radical (unpaired) electrons. The molecule has 0 spiro atoms. The average molecular weight is 436 g/mol. The average Bonchev–Trinajstić information content (AvgIpc) is 2.72. The lowest BCUT2D eigenvalue weighted by molar-refractivity contribution is 0.323. The molecule has 0 bridgehead atoms. The Morgan fingerprint density at radius 3 is 1.93 bits per heavy atom. The fourth-order valence-electron chi connectivity index (χ4n) is 3.07. The van der Waals surface area contributed by atoms with Crippen LogP contribution < -0.4 is 24.8 Å². The maximum atomic E-state index is 11.8. The number of sulfone groups is 1. The van der Waals surface area contributed by atoms with E-state index in [1.807, 2.05) is 18.2 Å². The van der Waals surface area contributed by atoms with Crippen molar-refractivity contribution in [3.05, 3.63) is 47.0 Å². The number of rotatable bonds is 8. The Labute approximate surface area is 178 Å². The van der Waals surface area contributed by atoms with Gasteiger partial charge in [0.25, 0.3) is 0 Å². The number of guanidine groups is 1. The zero-order chi connectivity index (χ0) is 22.3. The van der Waals surface area contributed by atoms with Gasteiger partial charge >= 0.3 is 0 Å². The lowest BCUT2D eigenvalue weighted by Crippen LogP contribution is -2.36. The van der Waals surface area contributed by atoms with Crippen molar-refractivity contribution in [1.29, 1.82) is 0 Å². The summed E-state index contributed by atoms with van der Waals surface area (Å²) < 4.78 is 39.6. The quantitative estimate of drug-likeness (QED) is 0.485. The van der Waals surface area contributed by atoms with Crippen LogP contribution in [-0.4, -0.2) is 49.0 Å². The number of methoxy groups -OCH3 is 3. The number of hydrogen-bond acceptors (Lipinski definition) is 6. The van der Waals surface area contributed by atoms with E-state index in [1.165, 1.54) is 6.26 Å². The van der Waals surface area contributed by atoms with E-state index in [2.05, 4.69) is 15.6 Å². The largest absolute Gasteiger partial charge is 0.493 e. The van der Waals surface area contributed by atoms with E-state index in [0.29, 0.717) is 41.2 Å². The first-order chi connectivity index (χ1) is 14.2. The predicted octanol–water partition coefficient (Wildman–Crippen LogP) is 2.29. The molecule has 0 unspecified atom stereocenters. The molecule has 2 aromatic carbocycles. The molecule has 164 valence electrons. The van der Waals surface area contributed by atoms with Crippen LogP contribution in [0.2, 0.25) is 0 Å². The van der Waals surface area contributed by atoms with Crippen LogP contribution in [0.25, 0.3) is 0 Å². The Morgan fingerprint density at radius 1 is 0.933 bits per heavy atom. The molecule has 0 heterocycles. The van der Waals surface area contributed by atoms with Crippen molar-refractivity contribution >= 4 is 15.8 Å². The fraction of sp³-hybridized carbons (Fsp3) is 0.381. The first-order valence-electron chi connectivity index (χ1n) is 9.26. The SMILES string of the molecule is CN=C(NCc1ccc(S(C)(=O)=O)c(C)c1)NCc1cc(OC)c(OC)c(OC)c1. The van der Waals surface area contributed by atoms with Crippen molar-refractivity contribution < 1.29 is 22.6 Å². The predicted molar refractivity (Wildman–Crippen MR) is 117 cm³/mol. The topological polar surface area (TPSA) is 98.3 Å². The van der Waals surface area contributed by atoms with Crippen molar-refractivity contribution in [2.75, 3.05) is 34.6 Å². The van der Waals surface area contributed by atoms with Crippen LogP contribution >= 0.6 is 0 Å². The summed E-state index contributed by atoms with van der Waals surface area (Å²) in [6.07, 6.45) is 1.21. The van der Waals surface area contributed by atoms with Crippen LogP contribution in [-0.2, 0) is 22.9 Å². The maximum Gasteiger partial charge on any atom is 0.203 e. The molecule has 0 aromatic heterocycles. The summed E-state index contributed by atoms with van der Waals surface area (Å²) in [6, 6.07) is 9.02. The van der Waals surface area contributed by atoms with Gasteiger partial charge < -0.3 is 24.8 Å². The molecule has 9 heteroatoms. The van der Waals surface area contributed by atoms with Gasteiger partial charge in [0.15, 0.2) is 27.3 Å². The minimum absolute atomic E-state index is 0.344. The highest BCUT2D eigenvalue weighted by atomic mass is 32.2.